The predicted octanol–water partition coefficient (Wildman–Crippen LogP) is 3.46. The van der Waals surface area contributed by atoms with Gasteiger partial charge in [-0.25, -0.2) is 0 Å². The number of furan rings is 1. The summed E-state index contributed by atoms with van der Waals surface area (Å²) in [5.41, 5.74) is 1.22. The first-order chi connectivity index (χ1) is 12.2. The van der Waals surface area contributed by atoms with E-state index in [9.17, 15) is 4.79 Å². The van der Waals surface area contributed by atoms with Gasteiger partial charge in [-0.1, -0.05) is 42.5 Å². The van der Waals surface area contributed by atoms with Crippen LogP contribution in [-0.4, -0.2) is 48.4 Å². The lowest BCUT2D eigenvalue weighted by Crippen LogP contribution is -2.48. The Morgan fingerprint density at radius 3 is 2.48 bits per heavy atom. The molecule has 0 bridgehead atoms. The van der Waals surface area contributed by atoms with Gasteiger partial charge in [-0.15, -0.1) is 0 Å². The van der Waals surface area contributed by atoms with Crippen molar-refractivity contribution >= 4 is 18.1 Å². The smallest absolute Gasteiger partial charge is 0.246 e. The van der Waals surface area contributed by atoms with E-state index < -0.39 is 0 Å². The van der Waals surface area contributed by atoms with Crippen LogP contribution in [0.2, 0.25) is 0 Å². The number of nitrogens with zero attached hydrogens (tertiary/aromatic N) is 2. The summed E-state index contributed by atoms with van der Waals surface area (Å²) < 4.78 is 5.45. The summed E-state index contributed by atoms with van der Waals surface area (Å²) in [4.78, 5) is 16.5. The molecule has 1 aliphatic heterocycles. The molecule has 2 heterocycles. The van der Waals surface area contributed by atoms with Crippen LogP contribution in [0, 0.1) is 6.92 Å². The Morgan fingerprint density at radius 1 is 1.04 bits per heavy atom. The van der Waals surface area contributed by atoms with Crippen molar-refractivity contribution in [3.05, 3.63) is 71.7 Å². The summed E-state index contributed by atoms with van der Waals surface area (Å²) in [6, 6.07) is 14.1. The molecular weight excluding hydrogens is 312 g/mol. The summed E-state index contributed by atoms with van der Waals surface area (Å²) in [5.74, 6) is 1.62. The number of hydrogen-bond acceptors (Lipinski definition) is 3. The average molecular weight is 336 g/mol. The lowest BCUT2D eigenvalue weighted by Gasteiger charge is -2.33. The number of carbonyl (C=O) groups excluding carboxylic acids is 1. The molecule has 0 spiro atoms. The normalized spacial score (nSPS) is 16.1. The molecule has 2 aromatic rings. The molecule has 25 heavy (non-hydrogen) atoms. The van der Waals surface area contributed by atoms with Crippen molar-refractivity contribution < 1.29 is 9.21 Å². The minimum atomic E-state index is 0.0496. The van der Waals surface area contributed by atoms with Crippen molar-refractivity contribution in [1.82, 2.24) is 9.80 Å². The second-order valence-electron chi connectivity index (χ2n) is 6.22. The number of hydrogen-bond donors (Lipinski definition) is 0. The molecule has 0 radical (unpaired) electrons. The van der Waals surface area contributed by atoms with Gasteiger partial charge in [-0.3, -0.25) is 9.69 Å². The van der Waals surface area contributed by atoms with Crippen LogP contribution >= 0.6 is 0 Å². The fraction of sp³-hybridized carbons (Fsp3) is 0.286. The van der Waals surface area contributed by atoms with E-state index in [1.807, 2.05) is 42.2 Å². The minimum absolute atomic E-state index is 0.0496. The van der Waals surface area contributed by atoms with E-state index in [2.05, 4.69) is 29.2 Å². The van der Waals surface area contributed by atoms with E-state index in [-0.39, 0.29) is 5.91 Å². The van der Waals surface area contributed by atoms with Crippen molar-refractivity contribution in [3.8, 4) is 0 Å². The second-order valence-corrected chi connectivity index (χ2v) is 6.22. The number of rotatable bonds is 5. The van der Waals surface area contributed by atoms with Gasteiger partial charge < -0.3 is 9.32 Å². The molecule has 130 valence electrons. The monoisotopic (exact) mass is 336 g/mol. The predicted molar refractivity (Wildman–Crippen MR) is 101 cm³/mol. The third-order valence-electron chi connectivity index (χ3n) is 4.31. The maximum Gasteiger partial charge on any atom is 0.246 e. The molecule has 4 nitrogen and oxygen atoms in total. The van der Waals surface area contributed by atoms with Crippen LogP contribution in [0.5, 0.6) is 0 Å². The van der Waals surface area contributed by atoms with Gasteiger partial charge >= 0.3 is 0 Å². The quantitative estimate of drug-likeness (QED) is 0.785. The van der Waals surface area contributed by atoms with Crippen molar-refractivity contribution in [1.29, 1.82) is 0 Å². The molecule has 1 aromatic heterocycles. The number of aryl methyl sites for hydroxylation is 1. The first-order valence-corrected chi connectivity index (χ1v) is 8.68. The summed E-state index contributed by atoms with van der Waals surface area (Å²) in [6.07, 6.45) is 7.67. The maximum atomic E-state index is 12.2. The summed E-state index contributed by atoms with van der Waals surface area (Å²) in [7, 11) is 0. The first-order valence-electron chi connectivity index (χ1n) is 8.68. The van der Waals surface area contributed by atoms with E-state index in [4.69, 9.17) is 4.42 Å². The second kappa shape index (κ2) is 8.49. The molecule has 1 amide bonds. The molecule has 3 rings (SSSR count). The number of benzene rings is 1. The topological polar surface area (TPSA) is 36.7 Å². The Bertz CT molecular complexity index is 738. The number of amides is 1. The summed E-state index contributed by atoms with van der Waals surface area (Å²) >= 11 is 0. The highest BCUT2D eigenvalue weighted by atomic mass is 16.3. The molecule has 4 heteroatoms. The van der Waals surface area contributed by atoms with E-state index in [1.165, 1.54) is 5.56 Å². The molecule has 0 aliphatic carbocycles. The Balaban J connectivity index is 1.43. The number of piperazine rings is 1. The van der Waals surface area contributed by atoms with Crippen molar-refractivity contribution in [2.75, 3.05) is 32.7 Å². The third kappa shape index (κ3) is 5.19. The molecule has 1 aliphatic rings. The lowest BCUT2D eigenvalue weighted by atomic mass is 10.2. The minimum Gasteiger partial charge on any atom is -0.462 e. The molecular formula is C21H24N2O2. The summed E-state index contributed by atoms with van der Waals surface area (Å²) in [5, 5.41) is 0. The summed E-state index contributed by atoms with van der Waals surface area (Å²) in [6.45, 7) is 6.14. The van der Waals surface area contributed by atoms with Crippen molar-refractivity contribution in [3.63, 3.8) is 0 Å². The van der Waals surface area contributed by atoms with Crippen LogP contribution in [0.1, 0.15) is 17.1 Å². The Labute approximate surface area is 149 Å². The Kier molecular flexibility index (Phi) is 5.86. The van der Waals surface area contributed by atoms with Crippen LogP contribution in [0.4, 0.5) is 0 Å². The van der Waals surface area contributed by atoms with Gasteiger partial charge in [0.15, 0.2) is 0 Å². The Hall–Kier alpha value is -2.59. The third-order valence-corrected chi connectivity index (χ3v) is 4.31. The maximum absolute atomic E-state index is 12.2. The van der Waals surface area contributed by atoms with E-state index >= 15 is 0 Å². The van der Waals surface area contributed by atoms with Gasteiger partial charge in [-0.2, -0.15) is 0 Å². The molecule has 1 fully saturated rings. The zero-order valence-electron chi connectivity index (χ0n) is 14.6. The van der Waals surface area contributed by atoms with Gasteiger partial charge in [0.25, 0.3) is 0 Å². The fourth-order valence-electron chi connectivity index (χ4n) is 2.85. The molecule has 0 unspecified atom stereocenters. The lowest BCUT2D eigenvalue weighted by molar-refractivity contribution is -0.127. The van der Waals surface area contributed by atoms with Crippen LogP contribution in [0.15, 0.2) is 59.0 Å². The number of carbonyl (C=O) groups is 1. The largest absolute Gasteiger partial charge is 0.462 e. The zero-order valence-corrected chi connectivity index (χ0v) is 14.6. The zero-order chi connectivity index (χ0) is 17.5. The molecule has 0 atom stereocenters. The Morgan fingerprint density at radius 2 is 1.80 bits per heavy atom. The van der Waals surface area contributed by atoms with Crippen LogP contribution in [0.3, 0.4) is 0 Å². The van der Waals surface area contributed by atoms with Gasteiger partial charge in [-0.05, 0) is 30.7 Å². The fourth-order valence-corrected chi connectivity index (χ4v) is 2.85. The van der Waals surface area contributed by atoms with Gasteiger partial charge in [0.2, 0.25) is 5.91 Å². The highest BCUT2D eigenvalue weighted by Crippen LogP contribution is 2.09. The highest BCUT2D eigenvalue weighted by molar-refractivity contribution is 5.91. The van der Waals surface area contributed by atoms with Crippen molar-refractivity contribution in [2.24, 2.45) is 0 Å². The standard InChI is InChI=1S/C21H24N2O2/c1-18-9-10-20(25-18)11-12-21(24)23-16-14-22(15-17-23)13-5-8-19-6-3-2-4-7-19/h2-12H,13-17H2,1H3/b8-5-,12-11-. The average Bonchev–Trinajstić information content (AvgIpc) is 3.06. The highest BCUT2D eigenvalue weighted by Gasteiger charge is 2.18. The molecule has 0 N–H and O–H groups in total. The SMILES string of the molecule is Cc1ccc(/C=C\C(=O)N2CCN(C/C=C\c3ccccc3)CC2)o1. The van der Waals surface area contributed by atoms with Crippen LogP contribution in [0.25, 0.3) is 12.2 Å². The van der Waals surface area contributed by atoms with Gasteiger partial charge in [0, 0.05) is 38.8 Å². The van der Waals surface area contributed by atoms with Crippen LogP contribution in [-0.2, 0) is 4.79 Å². The van der Waals surface area contributed by atoms with E-state index in [0.29, 0.717) is 0 Å². The van der Waals surface area contributed by atoms with E-state index in [0.717, 1.165) is 44.2 Å². The molecule has 0 saturated carbocycles. The van der Waals surface area contributed by atoms with Gasteiger partial charge in [0.1, 0.15) is 11.5 Å². The van der Waals surface area contributed by atoms with Crippen LogP contribution < -0.4 is 0 Å². The molecule has 1 aromatic carbocycles. The first kappa shape index (κ1) is 17.2. The van der Waals surface area contributed by atoms with E-state index in [1.54, 1.807) is 12.2 Å². The van der Waals surface area contributed by atoms with Crippen molar-refractivity contribution in [2.45, 2.75) is 6.92 Å². The molecule has 1 saturated heterocycles. The van der Waals surface area contributed by atoms with Gasteiger partial charge in [0.05, 0.1) is 0 Å².